The number of hydrogen-bond donors (Lipinski definition) is 3. The topological polar surface area (TPSA) is 124 Å². The lowest BCUT2D eigenvalue weighted by molar-refractivity contribution is -0.141. The summed E-state index contributed by atoms with van der Waals surface area (Å²) in [5.74, 6) is -2.70. The molecule has 1 unspecified atom stereocenters. The van der Waals surface area contributed by atoms with Crippen molar-refractivity contribution in [2.45, 2.75) is 13.0 Å². The fourth-order valence-corrected chi connectivity index (χ4v) is 2.71. The second-order valence-corrected chi connectivity index (χ2v) is 5.95. The third kappa shape index (κ3) is 3.93. The van der Waals surface area contributed by atoms with E-state index < -0.39 is 35.6 Å². The number of nitrogens with one attached hydrogen (secondary N) is 1. The van der Waals surface area contributed by atoms with Crippen molar-refractivity contribution in [3.05, 3.63) is 34.7 Å². The predicted molar refractivity (Wildman–Crippen MR) is 86.0 cm³/mol. The highest BCUT2D eigenvalue weighted by molar-refractivity contribution is 8.18. The first-order chi connectivity index (χ1) is 11.3. The predicted octanol–water partition coefficient (Wildman–Crippen LogP) is 1.02. The summed E-state index contributed by atoms with van der Waals surface area (Å²) in [4.78, 5) is 47.3. The number of amides is 3. The van der Waals surface area contributed by atoms with Crippen LogP contribution in [0.4, 0.5) is 4.79 Å². The summed E-state index contributed by atoms with van der Waals surface area (Å²) in [6.07, 6.45) is 1.36. The summed E-state index contributed by atoms with van der Waals surface area (Å²) in [7, 11) is 0. The Bertz CT molecular complexity index is 745. The maximum Gasteiger partial charge on any atom is 0.325 e. The number of benzene rings is 1. The minimum atomic E-state index is -1.23. The molecule has 24 heavy (non-hydrogen) atoms. The highest BCUT2D eigenvalue weighted by Gasteiger charge is 2.36. The molecule has 0 spiro atoms. The lowest BCUT2D eigenvalue weighted by Gasteiger charge is -2.14. The van der Waals surface area contributed by atoms with E-state index in [1.807, 2.05) is 0 Å². The lowest BCUT2D eigenvalue weighted by Crippen LogP contribution is -2.45. The van der Waals surface area contributed by atoms with Gasteiger partial charge >= 0.3 is 5.97 Å². The normalized spacial score (nSPS) is 17.2. The summed E-state index contributed by atoms with van der Waals surface area (Å²) in [5, 5.41) is 20.0. The van der Waals surface area contributed by atoms with Crippen LogP contribution in [-0.4, -0.2) is 50.7 Å². The van der Waals surface area contributed by atoms with Crippen molar-refractivity contribution < 1.29 is 29.4 Å². The van der Waals surface area contributed by atoms with Crippen LogP contribution in [0.5, 0.6) is 5.75 Å². The molecule has 1 aromatic carbocycles. The molecule has 1 aromatic rings. The van der Waals surface area contributed by atoms with Gasteiger partial charge in [0, 0.05) is 5.56 Å². The van der Waals surface area contributed by atoms with Crippen LogP contribution >= 0.6 is 11.8 Å². The molecule has 8 nitrogen and oxygen atoms in total. The van der Waals surface area contributed by atoms with Gasteiger partial charge in [0.2, 0.25) is 5.91 Å². The molecule has 1 heterocycles. The number of carbonyl (C=O) groups is 4. The number of carbonyl (C=O) groups excluding carboxylic acids is 3. The van der Waals surface area contributed by atoms with E-state index in [4.69, 9.17) is 5.11 Å². The molecular formula is C15H14N2O6S. The van der Waals surface area contributed by atoms with Crippen LogP contribution in [0.2, 0.25) is 0 Å². The Morgan fingerprint density at radius 1 is 1.33 bits per heavy atom. The van der Waals surface area contributed by atoms with Gasteiger partial charge in [0.1, 0.15) is 18.3 Å². The number of thioether (sulfide) groups is 1. The molecule has 0 aliphatic carbocycles. The number of para-hydroxylation sites is 1. The average molecular weight is 350 g/mol. The molecular weight excluding hydrogens is 336 g/mol. The van der Waals surface area contributed by atoms with Gasteiger partial charge in [0.15, 0.2) is 0 Å². The Hall–Kier alpha value is -2.81. The number of aliphatic carboxylic acids is 1. The summed E-state index contributed by atoms with van der Waals surface area (Å²) < 4.78 is 0. The zero-order valence-corrected chi connectivity index (χ0v) is 13.4. The van der Waals surface area contributed by atoms with E-state index in [9.17, 15) is 24.3 Å². The maximum absolute atomic E-state index is 12.2. The van der Waals surface area contributed by atoms with Crippen LogP contribution in [0.25, 0.3) is 6.08 Å². The van der Waals surface area contributed by atoms with Crippen molar-refractivity contribution in [3.8, 4) is 5.75 Å². The number of phenols is 1. The monoisotopic (exact) mass is 350 g/mol. The van der Waals surface area contributed by atoms with Crippen molar-refractivity contribution in [1.29, 1.82) is 0 Å². The Balaban J connectivity index is 2.10. The number of carboxylic acid groups (broad SMARTS) is 1. The molecule has 1 atom stereocenters. The van der Waals surface area contributed by atoms with Gasteiger partial charge in [0.25, 0.3) is 11.1 Å². The molecule has 0 aromatic heterocycles. The van der Waals surface area contributed by atoms with E-state index in [1.165, 1.54) is 19.1 Å². The van der Waals surface area contributed by atoms with Crippen LogP contribution in [0, 0.1) is 0 Å². The largest absolute Gasteiger partial charge is 0.507 e. The van der Waals surface area contributed by atoms with E-state index in [2.05, 4.69) is 5.32 Å². The first-order valence-electron chi connectivity index (χ1n) is 6.85. The summed E-state index contributed by atoms with van der Waals surface area (Å²) in [6, 6.07) is 5.17. The fraction of sp³-hybridized carbons (Fsp3) is 0.200. The quantitative estimate of drug-likeness (QED) is 0.677. The maximum atomic E-state index is 12.2. The third-order valence-corrected chi connectivity index (χ3v) is 4.05. The van der Waals surface area contributed by atoms with Crippen LogP contribution in [0.1, 0.15) is 12.5 Å². The highest BCUT2D eigenvalue weighted by atomic mass is 32.2. The molecule has 3 N–H and O–H groups in total. The zero-order valence-electron chi connectivity index (χ0n) is 12.6. The van der Waals surface area contributed by atoms with Gasteiger partial charge in [-0.15, -0.1) is 0 Å². The van der Waals surface area contributed by atoms with E-state index >= 15 is 0 Å². The number of aromatic hydroxyl groups is 1. The standard InChI is InChI=1S/C15H14N2O6S/c1-8(14(21)22)16-12(19)7-17-13(20)11(24-15(17)23)6-9-4-2-3-5-10(9)18/h2-6,8,18H,7H2,1H3,(H,16,19)(H,21,22)/b11-6-. The molecule has 0 bridgehead atoms. The molecule has 1 aliphatic heterocycles. The minimum Gasteiger partial charge on any atom is -0.507 e. The van der Waals surface area contributed by atoms with E-state index in [0.29, 0.717) is 17.3 Å². The molecule has 2 rings (SSSR count). The number of carboxylic acids is 1. The molecule has 1 fully saturated rings. The molecule has 1 saturated heterocycles. The Morgan fingerprint density at radius 3 is 2.62 bits per heavy atom. The van der Waals surface area contributed by atoms with Crippen molar-refractivity contribution in [1.82, 2.24) is 10.2 Å². The second kappa shape index (κ2) is 7.18. The summed E-state index contributed by atoms with van der Waals surface area (Å²) in [5.41, 5.74) is 0.368. The highest BCUT2D eigenvalue weighted by Crippen LogP contribution is 2.33. The van der Waals surface area contributed by atoms with E-state index in [-0.39, 0.29) is 10.7 Å². The van der Waals surface area contributed by atoms with Crippen LogP contribution in [0.15, 0.2) is 29.2 Å². The molecule has 0 saturated carbocycles. The van der Waals surface area contributed by atoms with Gasteiger partial charge in [-0.05, 0) is 30.8 Å². The van der Waals surface area contributed by atoms with Crippen molar-refractivity contribution in [2.24, 2.45) is 0 Å². The molecule has 1 aliphatic rings. The van der Waals surface area contributed by atoms with Gasteiger partial charge in [-0.1, -0.05) is 18.2 Å². The van der Waals surface area contributed by atoms with Crippen molar-refractivity contribution in [2.75, 3.05) is 6.54 Å². The fourth-order valence-electron chi connectivity index (χ4n) is 1.88. The molecule has 0 radical (unpaired) electrons. The third-order valence-electron chi connectivity index (χ3n) is 3.15. The number of hydrogen-bond acceptors (Lipinski definition) is 6. The SMILES string of the molecule is CC(NC(=O)CN1C(=O)S/C(=C\c2ccccc2O)C1=O)C(=O)O. The van der Waals surface area contributed by atoms with Gasteiger partial charge in [0.05, 0.1) is 4.91 Å². The molecule has 9 heteroatoms. The minimum absolute atomic E-state index is 0.0441. The van der Waals surface area contributed by atoms with Gasteiger partial charge in [-0.25, -0.2) is 0 Å². The first kappa shape index (κ1) is 17.5. The van der Waals surface area contributed by atoms with Crippen molar-refractivity contribution >= 4 is 40.9 Å². The van der Waals surface area contributed by atoms with Crippen LogP contribution in [-0.2, 0) is 14.4 Å². The molecule has 126 valence electrons. The lowest BCUT2D eigenvalue weighted by atomic mass is 10.2. The van der Waals surface area contributed by atoms with E-state index in [1.54, 1.807) is 18.2 Å². The van der Waals surface area contributed by atoms with Crippen LogP contribution in [0.3, 0.4) is 0 Å². The average Bonchev–Trinajstić information content (AvgIpc) is 2.77. The Labute approximate surface area is 141 Å². The summed E-state index contributed by atoms with van der Waals surface area (Å²) >= 11 is 0.644. The first-order valence-corrected chi connectivity index (χ1v) is 7.66. The number of rotatable bonds is 5. The second-order valence-electron chi connectivity index (χ2n) is 4.95. The molecule has 3 amide bonds. The zero-order chi connectivity index (χ0) is 17.9. The number of imide groups is 1. The smallest absolute Gasteiger partial charge is 0.325 e. The van der Waals surface area contributed by atoms with Gasteiger partial charge in [-0.3, -0.25) is 24.1 Å². The van der Waals surface area contributed by atoms with E-state index in [0.717, 1.165) is 4.90 Å². The van der Waals surface area contributed by atoms with Gasteiger partial charge in [-0.2, -0.15) is 0 Å². The van der Waals surface area contributed by atoms with Crippen molar-refractivity contribution in [3.63, 3.8) is 0 Å². The van der Waals surface area contributed by atoms with Crippen LogP contribution < -0.4 is 5.32 Å². The number of nitrogens with zero attached hydrogens (tertiary/aromatic N) is 1. The Kier molecular flexibility index (Phi) is 5.24. The Morgan fingerprint density at radius 2 is 2.00 bits per heavy atom. The summed E-state index contributed by atoms with van der Waals surface area (Å²) in [6.45, 7) is 0.701. The number of phenolic OH excluding ortho intramolecular Hbond substituents is 1. The van der Waals surface area contributed by atoms with Gasteiger partial charge < -0.3 is 15.5 Å².